The number of carbonyl (C=O) groups excluding carboxylic acids is 1. The van der Waals surface area contributed by atoms with E-state index in [-0.39, 0.29) is 17.2 Å². The molecule has 0 aliphatic carbocycles. The number of nitrogens with two attached hydrogens (primary N) is 1. The maximum Gasteiger partial charge on any atom is 0.257 e. The van der Waals surface area contributed by atoms with Crippen molar-refractivity contribution in [2.45, 2.75) is 6.92 Å². The number of carbonyl (C=O) groups is 1. The number of halogens is 1. The van der Waals surface area contributed by atoms with Gasteiger partial charge in [0.2, 0.25) is 0 Å². The average molecular weight is 321 g/mol. The number of rotatable bonds is 2. The van der Waals surface area contributed by atoms with Crippen LogP contribution in [0.15, 0.2) is 40.9 Å². The van der Waals surface area contributed by atoms with Crippen LogP contribution in [0, 0.1) is 6.92 Å². The van der Waals surface area contributed by atoms with Gasteiger partial charge in [-0.05, 0) is 42.8 Å². The Balaban J connectivity index is 2.25. The van der Waals surface area contributed by atoms with Gasteiger partial charge in [-0.25, -0.2) is 0 Å². The Bertz CT molecular complexity index is 641. The van der Waals surface area contributed by atoms with Crippen molar-refractivity contribution in [1.29, 1.82) is 0 Å². The molecule has 98 valence electrons. The largest absolute Gasteiger partial charge is 0.508 e. The molecule has 4 nitrogen and oxygen atoms in total. The number of anilines is 2. The van der Waals surface area contributed by atoms with Crippen LogP contribution in [0.25, 0.3) is 0 Å². The monoisotopic (exact) mass is 320 g/mol. The van der Waals surface area contributed by atoms with Gasteiger partial charge < -0.3 is 16.2 Å². The number of hydrogen-bond donors (Lipinski definition) is 3. The molecule has 4 N–H and O–H groups in total. The highest BCUT2D eigenvalue weighted by atomic mass is 79.9. The molecule has 0 radical (unpaired) electrons. The van der Waals surface area contributed by atoms with Gasteiger partial charge in [-0.3, -0.25) is 4.79 Å². The van der Waals surface area contributed by atoms with E-state index in [1.165, 1.54) is 18.2 Å². The highest BCUT2D eigenvalue weighted by Gasteiger charge is 2.11. The van der Waals surface area contributed by atoms with E-state index >= 15 is 0 Å². The van der Waals surface area contributed by atoms with E-state index in [9.17, 15) is 9.90 Å². The zero-order valence-corrected chi connectivity index (χ0v) is 11.9. The fraction of sp³-hybridized carbons (Fsp3) is 0.0714. The molecule has 0 aromatic heterocycles. The summed E-state index contributed by atoms with van der Waals surface area (Å²) in [6.07, 6.45) is 0. The predicted octanol–water partition coefficient (Wildman–Crippen LogP) is 3.30. The van der Waals surface area contributed by atoms with Crippen LogP contribution in [0.2, 0.25) is 0 Å². The van der Waals surface area contributed by atoms with Gasteiger partial charge in [0.1, 0.15) is 5.75 Å². The molecule has 5 heteroatoms. The van der Waals surface area contributed by atoms with E-state index in [0.717, 1.165) is 10.0 Å². The SMILES string of the molecule is Cc1ccc(NC(=O)c2cc(O)ccc2N)cc1Br. The normalized spacial score (nSPS) is 10.2. The van der Waals surface area contributed by atoms with Crippen LogP contribution in [-0.2, 0) is 0 Å². The molecule has 0 atom stereocenters. The standard InChI is InChI=1S/C14H13BrN2O2/c1-8-2-3-9(6-12(8)15)17-14(19)11-7-10(18)4-5-13(11)16/h2-7,18H,16H2,1H3,(H,17,19). The van der Waals surface area contributed by atoms with Gasteiger partial charge in [-0.15, -0.1) is 0 Å². The van der Waals surface area contributed by atoms with Crippen molar-refractivity contribution in [2.24, 2.45) is 0 Å². The number of aryl methyl sites for hydroxylation is 1. The first-order valence-electron chi connectivity index (χ1n) is 5.63. The topological polar surface area (TPSA) is 75.3 Å². The summed E-state index contributed by atoms with van der Waals surface area (Å²) in [5.74, 6) is -0.353. The fourth-order valence-electron chi connectivity index (χ4n) is 1.61. The first-order valence-corrected chi connectivity index (χ1v) is 6.42. The molecule has 0 bridgehead atoms. The molecule has 1 amide bonds. The minimum Gasteiger partial charge on any atom is -0.508 e. The molecule has 2 aromatic rings. The summed E-state index contributed by atoms with van der Waals surface area (Å²) in [6, 6.07) is 9.78. The number of phenols is 1. The second-order valence-corrected chi connectivity index (χ2v) is 5.04. The quantitative estimate of drug-likeness (QED) is 0.587. The summed E-state index contributed by atoms with van der Waals surface area (Å²) in [5.41, 5.74) is 8.02. The number of hydrogen-bond acceptors (Lipinski definition) is 3. The Morgan fingerprint density at radius 3 is 2.68 bits per heavy atom. The highest BCUT2D eigenvalue weighted by molar-refractivity contribution is 9.10. The lowest BCUT2D eigenvalue weighted by Crippen LogP contribution is -2.14. The number of amides is 1. The van der Waals surface area contributed by atoms with Crippen molar-refractivity contribution < 1.29 is 9.90 Å². The third-order valence-corrected chi connectivity index (χ3v) is 3.57. The third kappa shape index (κ3) is 3.06. The van der Waals surface area contributed by atoms with E-state index in [0.29, 0.717) is 11.4 Å². The number of benzene rings is 2. The van der Waals surface area contributed by atoms with Crippen LogP contribution >= 0.6 is 15.9 Å². The van der Waals surface area contributed by atoms with Gasteiger partial charge in [0.15, 0.2) is 0 Å². The Morgan fingerprint density at radius 2 is 2.00 bits per heavy atom. The smallest absolute Gasteiger partial charge is 0.257 e. The Labute approximate surface area is 119 Å². The molecule has 0 aliphatic rings. The molecule has 2 rings (SSSR count). The van der Waals surface area contributed by atoms with Gasteiger partial charge in [0.25, 0.3) is 5.91 Å². The molecule has 2 aromatic carbocycles. The molecule has 0 saturated heterocycles. The number of nitrogen functional groups attached to an aromatic ring is 1. The molecule has 0 spiro atoms. The van der Waals surface area contributed by atoms with Crippen LogP contribution < -0.4 is 11.1 Å². The van der Waals surface area contributed by atoms with E-state index < -0.39 is 0 Å². The van der Waals surface area contributed by atoms with E-state index in [2.05, 4.69) is 21.2 Å². The molecule has 0 aliphatic heterocycles. The molecule has 0 fully saturated rings. The number of phenolic OH excluding ortho intramolecular Hbond substituents is 1. The second kappa shape index (κ2) is 5.32. The van der Waals surface area contributed by atoms with Crippen molar-refractivity contribution in [1.82, 2.24) is 0 Å². The Kier molecular flexibility index (Phi) is 3.76. The molecular weight excluding hydrogens is 308 g/mol. The zero-order chi connectivity index (χ0) is 14.0. The van der Waals surface area contributed by atoms with Crippen molar-refractivity contribution >= 4 is 33.2 Å². The summed E-state index contributed by atoms with van der Waals surface area (Å²) in [4.78, 5) is 12.1. The first-order chi connectivity index (χ1) is 8.97. The van der Waals surface area contributed by atoms with Crippen LogP contribution in [-0.4, -0.2) is 11.0 Å². The van der Waals surface area contributed by atoms with Crippen molar-refractivity contribution in [2.75, 3.05) is 11.1 Å². The fourth-order valence-corrected chi connectivity index (χ4v) is 1.99. The maximum atomic E-state index is 12.1. The van der Waals surface area contributed by atoms with E-state index in [4.69, 9.17) is 5.73 Å². The molecule has 19 heavy (non-hydrogen) atoms. The van der Waals surface area contributed by atoms with Crippen LogP contribution in [0.4, 0.5) is 11.4 Å². The lowest BCUT2D eigenvalue weighted by Gasteiger charge is -2.09. The van der Waals surface area contributed by atoms with E-state index in [1.54, 1.807) is 6.07 Å². The minimum atomic E-state index is -0.357. The second-order valence-electron chi connectivity index (χ2n) is 4.19. The van der Waals surface area contributed by atoms with Crippen molar-refractivity contribution in [3.05, 3.63) is 52.0 Å². The van der Waals surface area contributed by atoms with Crippen LogP contribution in [0.5, 0.6) is 5.75 Å². The summed E-state index contributed by atoms with van der Waals surface area (Å²) < 4.78 is 0.911. The van der Waals surface area contributed by atoms with E-state index in [1.807, 2.05) is 19.1 Å². The number of nitrogens with one attached hydrogen (secondary N) is 1. The van der Waals surface area contributed by atoms with Crippen molar-refractivity contribution in [3.8, 4) is 5.75 Å². The van der Waals surface area contributed by atoms with Crippen molar-refractivity contribution in [3.63, 3.8) is 0 Å². The average Bonchev–Trinajstić information content (AvgIpc) is 2.36. The van der Waals surface area contributed by atoms with Gasteiger partial charge in [0.05, 0.1) is 5.56 Å². The summed E-state index contributed by atoms with van der Waals surface area (Å²) in [5, 5.41) is 12.1. The summed E-state index contributed by atoms with van der Waals surface area (Å²) in [7, 11) is 0. The van der Waals surface area contributed by atoms with Gasteiger partial charge in [-0.2, -0.15) is 0 Å². The summed E-state index contributed by atoms with van der Waals surface area (Å²) in [6.45, 7) is 1.96. The number of aromatic hydroxyl groups is 1. The summed E-state index contributed by atoms with van der Waals surface area (Å²) >= 11 is 3.40. The highest BCUT2D eigenvalue weighted by Crippen LogP contribution is 2.23. The Morgan fingerprint density at radius 1 is 1.26 bits per heavy atom. The maximum absolute atomic E-state index is 12.1. The lowest BCUT2D eigenvalue weighted by molar-refractivity contribution is 0.102. The predicted molar refractivity (Wildman–Crippen MR) is 79.4 cm³/mol. The molecule has 0 saturated carbocycles. The zero-order valence-electron chi connectivity index (χ0n) is 10.3. The van der Waals surface area contributed by atoms with Crippen LogP contribution in [0.3, 0.4) is 0 Å². The lowest BCUT2D eigenvalue weighted by atomic mass is 10.1. The first kappa shape index (κ1) is 13.4. The van der Waals surface area contributed by atoms with Gasteiger partial charge in [0, 0.05) is 15.8 Å². The van der Waals surface area contributed by atoms with Crippen LogP contribution in [0.1, 0.15) is 15.9 Å². The minimum absolute atomic E-state index is 0.00411. The molecular formula is C14H13BrN2O2. The molecule has 0 unspecified atom stereocenters. The van der Waals surface area contributed by atoms with Gasteiger partial charge >= 0.3 is 0 Å². The molecule has 0 heterocycles. The third-order valence-electron chi connectivity index (χ3n) is 2.71. The Hall–Kier alpha value is -2.01. The van der Waals surface area contributed by atoms with Gasteiger partial charge in [-0.1, -0.05) is 22.0 Å².